The average molecular weight is 429 g/mol. The molecule has 0 spiro atoms. The molecule has 6 nitrogen and oxygen atoms in total. The average Bonchev–Trinajstić information content (AvgIpc) is 2.72. The Labute approximate surface area is 179 Å². The SMILES string of the molecule is CN(CC(=O)Nc1ccccc1Cl)C(=O)CSc1nc2c(cc1C#N)CCCC2. The highest BCUT2D eigenvalue weighted by molar-refractivity contribution is 8.00. The van der Waals surface area contributed by atoms with Gasteiger partial charge in [0.05, 0.1) is 28.6 Å². The van der Waals surface area contributed by atoms with E-state index in [-0.39, 0.29) is 24.1 Å². The van der Waals surface area contributed by atoms with Crippen LogP contribution in [0.3, 0.4) is 0 Å². The monoisotopic (exact) mass is 428 g/mol. The van der Waals surface area contributed by atoms with Crippen LogP contribution >= 0.6 is 23.4 Å². The highest BCUT2D eigenvalue weighted by Crippen LogP contribution is 2.27. The Bertz CT molecular complexity index is 974. The number of rotatable bonds is 6. The number of nitriles is 1. The number of pyridine rings is 1. The van der Waals surface area contributed by atoms with Gasteiger partial charge in [-0.15, -0.1) is 0 Å². The molecule has 1 aliphatic rings. The summed E-state index contributed by atoms with van der Waals surface area (Å²) in [6, 6.07) is 11.0. The normalized spacial score (nSPS) is 12.6. The molecule has 0 bridgehead atoms. The maximum Gasteiger partial charge on any atom is 0.244 e. The summed E-state index contributed by atoms with van der Waals surface area (Å²) in [5.41, 5.74) is 3.17. The highest BCUT2D eigenvalue weighted by atomic mass is 35.5. The van der Waals surface area contributed by atoms with Crippen LogP contribution in [0.5, 0.6) is 0 Å². The molecule has 1 heterocycles. The van der Waals surface area contributed by atoms with E-state index in [4.69, 9.17) is 11.6 Å². The van der Waals surface area contributed by atoms with Crippen molar-refractivity contribution in [2.75, 3.05) is 24.7 Å². The van der Waals surface area contributed by atoms with Crippen LogP contribution in [0.2, 0.25) is 5.02 Å². The topological polar surface area (TPSA) is 86.1 Å². The Morgan fingerprint density at radius 3 is 2.83 bits per heavy atom. The number of amides is 2. The number of aromatic nitrogens is 1. The molecular weight excluding hydrogens is 408 g/mol. The predicted molar refractivity (Wildman–Crippen MR) is 114 cm³/mol. The van der Waals surface area contributed by atoms with Crippen LogP contribution in [0, 0.1) is 11.3 Å². The molecule has 0 unspecified atom stereocenters. The van der Waals surface area contributed by atoms with Crippen LogP contribution in [0.4, 0.5) is 5.69 Å². The number of likely N-dealkylation sites (N-methyl/N-ethyl adjacent to an activating group) is 1. The Kier molecular flexibility index (Phi) is 7.13. The number of carbonyl (C=O) groups excluding carboxylic acids is 2. The Hall–Kier alpha value is -2.56. The molecule has 2 aromatic rings. The second kappa shape index (κ2) is 9.77. The van der Waals surface area contributed by atoms with Gasteiger partial charge in [-0.2, -0.15) is 5.26 Å². The number of anilines is 1. The van der Waals surface area contributed by atoms with Gasteiger partial charge < -0.3 is 10.2 Å². The van der Waals surface area contributed by atoms with Crippen LogP contribution in [0.15, 0.2) is 35.4 Å². The molecule has 150 valence electrons. The molecule has 29 heavy (non-hydrogen) atoms. The molecule has 0 radical (unpaired) electrons. The van der Waals surface area contributed by atoms with Gasteiger partial charge in [0.25, 0.3) is 0 Å². The fourth-order valence-corrected chi connectivity index (χ4v) is 4.20. The number of thioether (sulfide) groups is 1. The first-order valence-electron chi connectivity index (χ1n) is 9.32. The van der Waals surface area contributed by atoms with Crippen molar-refractivity contribution in [2.24, 2.45) is 0 Å². The molecule has 0 fully saturated rings. The number of benzene rings is 1. The highest BCUT2D eigenvalue weighted by Gasteiger charge is 2.18. The van der Waals surface area contributed by atoms with E-state index in [0.717, 1.165) is 36.9 Å². The first-order valence-corrected chi connectivity index (χ1v) is 10.7. The number of nitrogens with zero attached hydrogens (tertiary/aromatic N) is 3. The van der Waals surface area contributed by atoms with Crippen molar-refractivity contribution in [2.45, 2.75) is 30.7 Å². The van der Waals surface area contributed by atoms with Crippen LogP contribution in [0.25, 0.3) is 0 Å². The number of halogens is 1. The molecule has 1 aromatic heterocycles. The number of fused-ring (bicyclic) bond motifs is 1. The zero-order valence-corrected chi connectivity index (χ0v) is 17.6. The summed E-state index contributed by atoms with van der Waals surface area (Å²) in [7, 11) is 1.57. The molecule has 8 heteroatoms. The lowest BCUT2D eigenvalue weighted by Crippen LogP contribution is -2.36. The predicted octanol–water partition coefficient (Wildman–Crippen LogP) is 3.67. The quantitative estimate of drug-likeness (QED) is 0.709. The summed E-state index contributed by atoms with van der Waals surface area (Å²) >= 11 is 7.27. The summed E-state index contributed by atoms with van der Waals surface area (Å²) in [5.74, 6) is -0.438. The lowest BCUT2D eigenvalue weighted by atomic mass is 9.95. The fourth-order valence-electron chi connectivity index (χ4n) is 3.10. The van der Waals surface area contributed by atoms with E-state index in [0.29, 0.717) is 21.3 Å². The second-order valence-corrected chi connectivity index (χ2v) is 8.20. The minimum atomic E-state index is -0.330. The molecule has 0 atom stereocenters. The summed E-state index contributed by atoms with van der Waals surface area (Å²) in [6.07, 6.45) is 4.07. The van der Waals surface area contributed by atoms with Gasteiger partial charge in [0, 0.05) is 12.7 Å². The van der Waals surface area contributed by atoms with Crippen molar-refractivity contribution in [1.29, 1.82) is 5.26 Å². The largest absolute Gasteiger partial charge is 0.336 e. The molecular formula is C21H21ClN4O2S. The molecule has 2 amide bonds. The van der Waals surface area contributed by atoms with Gasteiger partial charge >= 0.3 is 0 Å². The van der Waals surface area contributed by atoms with E-state index in [1.54, 1.807) is 31.3 Å². The summed E-state index contributed by atoms with van der Waals surface area (Å²) in [5, 5.41) is 13.1. The van der Waals surface area contributed by atoms with Gasteiger partial charge in [0.15, 0.2) is 0 Å². The zero-order chi connectivity index (χ0) is 20.8. The number of nitrogens with one attached hydrogen (secondary N) is 1. The zero-order valence-electron chi connectivity index (χ0n) is 16.1. The van der Waals surface area contributed by atoms with Crippen LogP contribution in [0.1, 0.15) is 29.7 Å². The van der Waals surface area contributed by atoms with Crippen molar-refractivity contribution < 1.29 is 9.59 Å². The maximum absolute atomic E-state index is 12.4. The number of carbonyl (C=O) groups is 2. The molecule has 3 rings (SSSR count). The molecule has 1 N–H and O–H groups in total. The number of para-hydroxylation sites is 1. The van der Waals surface area contributed by atoms with Crippen molar-refractivity contribution in [3.05, 3.63) is 52.2 Å². The first-order chi connectivity index (χ1) is 14.0. The van der Waals surface area contributed by atoms with Crippen LogP contribution < -0.4 is 5.32 Å². The van der Waals surface area contributed by atoms with E-state index in [1.807, 2.05) is 6.07 Å². The maximum atomic E-state index is 12.4. The van der Waals surface area contributed by atoms with Gasteiger partial charge in [-0.05, 0) is 49.4 Å². The third-order valence-corrected chi connectivity index (χ3v) is 5.98. The van der Waals surface area contributed by atoms with E-state index in [1.165, 1.54) is 16.7 Å². The van der Waals surface area contributed by atoms with Gasteiger partial charge in [-0.1, -0.05) is 35.5 Å². The lowest BCUT2D eigenvalue weighted by Gasteiger charge is -2.18. The minimum absolute atomic E-state index is 0.0899. The smallest absolute Gasteiger partial charge is 0.244 e. The second-order valence-electron chi connectivity index (χ2n) is 6.83. The summed E-state index contributed by atoms with van der Waals surface area (Å²) in [6.45, 7) is -0.0899. The van der Waals surface area contributed by atoms with Crippen LogP contribution in [-0.4, -0.2) is 41.0 Å². The molecule has 0 saturated carbocycles. The van der Waals surface area contributed by atoms with E-state index >= 15 is 0 Å². The van der Waals surface area contributed by atoms with Gasteiger partial charge in [0.1, 0.15) is 11.1 Å². The Morgan fingerprint density at radius 1 is 1.31 bits per heavy atom. The Morgan fingerprint density at radius 2 is 2.07 bits per heavy atom. The third-order valence-electron chi connectivity index (χ3n) is 4.67. The molecule has 0 aliphatic heterocycles. The fraction of sp³-hybridized carbons (Fsp3) is 0.333. The first kappa shape index (κ1) is 21.2. The van der Waals surface area contributed by atoms with Crippen molar-refractivity contribution in [3.63, 3.8) is 0 Å². The van der Waals surface area contributed by atoms with Crippen molar-refractivity contribution in [3.8, 4) is 6.07 Å². The van der Waals surface area contributed by atoms with Crippen molar-refractivity contribution >= 4 is 40.9 Å². The van der Waals surface area contributed by atoms with E-state index in [9.17, 15) is 14.9 Å². The molecule has 1 aliphatic carbocycles. The number of hydrogen-bond acceptors (Lipinski definition) is 5. The van der Waals surface area contributed by atoms with E-state index in [2.05, 4.69) is 16.4 Å². The van der Waals surface area contributed by atoms with Crippen LogP contribution in [-0.2, 0) is 22.4 Å². The lowest BCUT2D eigenvalue weighted by molar-refractivity contribution is -0.131. The van der Waals surface area contributed by atoms with E-state index < -0.39 is 0 Å². The van der Waals surface area contributed by atoms with Gasteiger partial charge in [-0.25, -0.2) is 4.98 Å². The number of hydrogen-bond donors (Lipinski definition) is 1. The third kappa shape index (κ3) is 5.49. The number of aryl methyl sites for hydroxylation is 2. The standard InChI is InChI=1S/C21H21ClN4O2S/c1-26(12-19(27)24-18-9-5-3-7-16(18)22)20(28)13-29-21-15(11-23)10-14-6-2-4-8-17(14)25-21/h3,5,7,9-10H,2,4,6,8,12-13H2,1H3,(H,24,27). The van der Waals surface area contributed by atoms with Gasteiger partial charge in [-0.3, -0.25) is 9.59 Å². The summed E-state index contributed by atoms with van der Waals surface area (Å²) < 4.78 is 0. The minimum Gasteiger partial charge on any atom is -0.336 e. The summed E-state index contributed by atoms with van der Waals surface area (Å²) in [4.78, 5) is 30.6. The molecule has 0 saturated heterocycles. The Balaban J connectivity index is 1.57. The van der Waals surface area contributed by atoms with Crippen molar-refractivity contribution in [1.82, 2.24) is 9.88 Å². The molecule has 1 aromatic carbocycles. The van der Waals surface area contributed by atoms with Gasteiger partial charge in [0.2, 0.25) is 11.8 Å².